The van der Waals surface area contributed by atoms with Crippen LogP contribution in [0.2, 0.25) is 0 Å². The highest BCUT2D eigenvalue weighted by atomic mass is 19.3. The van der Waals surface area contributed by atoms with Gasteiger partial charge in [-0.2, -0.15) is 0 Å². The molecule has 0 aliphatic carbocycles. The minimum absolute atomic E-state index is 0.109. The zero-order chi connectivity index (χ0) is 11.3. The molecule has 0 aromatic heterocycles. The molecular formula is C11H17F2N. The fourth-order valence-electron chi connectivity index (χ4n) is 1.32. The molecule has 1 nitrogen and oxygen atoms in total. The number of rotatable bonds is 4. The number of hydrogen-bond acceptors (Lipinski definition) is 1. The van der Waals surface area contributed by atoms with E-state index in [-0.39, 0.29) is 5.57 Å². The van der Waals surface area contributed by atoms with Crippen LogP contribution in [-0.2, 0) is 0 Å². The van der Waals surface area contributed by atoms with Crippen LogP contribution in [0.5, 0.6) is 0 Å². The molecule has 0 unspecified atom stereocenters. The molecule has 0 saturated carbocycles. The minimum Gasteiger partial charge on any atom is -0.402 e. The number of nitrogens with two attached hydrogens (primary N) is 1. The highest BCUT2D eigenvalue weighted by Gasteiger charge is 2.13. The Morgan fingerprint density at radius 1 is 1.43 bits per heavy atom. The van der Waals surface area contributed by atoms with E-state index in [1.165, 1.54) is 0 Å². The lowest BCUT2D eigenvalue weighted by molar-refractivity contribution is 0.192. The van der Waals surface area contributed by atoms with E-state index in [1.54, 1.807) is 19.9 Å². The van der Waals surface area contributed by atoms with E-state index in [4.69, 9.17) is 5.73 Å². The first-order chi connectivity index (χ1) is 6.40. The van der Waals surface area contributed by atoms with Gasteiger partial charge in [-0.15, -0.1) is 0 Å². The van der Waals surface area contributed by atoms with Crippen LogP contribution >= 0.6 is 0 Å². The van der Waals surface area contributed by atoms with Gasteiger partial charge in [0.1, 0.15) is 0 Å². The van der Waals surface area contributed by atoms with E-state index in [0.29, 0.717) is 17.7 Å². The zero-order valence-electron chi connectivity index (χ0n) is 8.90. The lowest BCUT2D eigenvalue weighted by atomic mass is 9.99. The summed E-state index contributed by atoms with van der Waals surface area (Å²) >= 11 is 0. The largest absolute Gasteiger partial charge is 0.402 e. The fraction of sp³-hybridized carbons (Fsp3) is 0.455. The van der Waals surface area contributed by atoms with Crippen LogP contribution in [0.1, 0.15) is 27.2 Å². The third-order valence-electron chi connectivity index (χ3n) is 1.92. The first-order valence-corrected chi connectivity index (χ1v) is 4.51. The van der Waals surface area contributed by atoms with Crippen molar-refractivity contribution in [1.29, 1.82) is 0 Å². The van der Waals surface area contributed by atoms with Crippen LogP contribution in [0.3, 0.4) is 0 Å². The summed E-state index contributed by atoms with van der Waals surface area (Å²) < 4.78 is 24.8. The standard InChI is InChI=1S/C11H17F2N/c1-5-10(9(4)11(12)13)7(2)6-8(3)14/h6,11H,4-5,14H2,1-3H3/b8-6+,10-7-. The van der Waals surface area contributed by atoms with Crippen LogP contribution in [-0.4, -0.2) is 6.43 Å². The number of hydrogen-bond donors (Lipinski definition) is 1. The van der Waals surface area contributed by atoms with Gasteiger partial charge in [-0.25, -0.2) is 8.78 Å². The monoisotopic (exact) mass is 201 g/mol. The molecule has 0 spiro atoms. The third-order valence-corrected chi connectivity index (χ3v) is 1.92. The van der Waals surface area contributed by atoms with Gasteiger partial charge in [-0.3, -0.25) is 0 Å². The maximum atomic E-state index is 12.4. The molecule has 2 N–H and O–H groups in total. The molecule has 0 fully saturated rings. The van der Waals surface area contributed by atoms with Crippen molar-refractivity contribution in [2.24, 2.45) is 5.73 Å². The molecular weight excluding hydrogens is 184 g/mol. The van der Waals surface area contributed by atoms with Crippen molar-refractivity contribution < 1.29 is 8.78 Å². The van der Waals surface area contributed by atoms with E-state index in [1.807, 2.05) is 6.92 Å². The highest BCUT2D eigenvalue weighted by molar-refractivity contribution is 5.39. The third kappa shape index (κ3) is 3.73. The number of halogens is 2. The smallest absolute Gasteiger partial charge is 0.263 e. The summed E-state index contributed by atoms with van der Waals surface area (Å²) in [4.78, 5) is 0. The van der Waals surface area contributed by atoms with Gasteiger partial charge in [0.25, 0.3) is 6.43 Å². The molecule has 0 rings (SSSR count). The van der Waals surface area contributed by atoms with Gasteiger partial charge in [0.15, 0.2) is 0 Å². The van der Waals surface area contributed by atoms with E-state index in [2.05, 4.69) is 6.58 Å². The molecule has 3 heteroatoms. The Hall–Kier alpha value is -1.12. The van der Waals surface area contributed by atoms with E-state index in [9.17, 15) is 8.78 Å². The summed E-state index contributed by atoms with van der Waals surface area (Å²) in [5, 5.41) is 0. The molecule has 0 aliphatic heterocycles. The maximum Gasteiger partial charge on any atom is 0.263 e. The zero-order valence-corrected chi connectivity index (χ0v) is 8.90. The SMILES string of the molecule is C=C(/C(CC)=C(C)\C=C(/C)N)C(F)F. The van der Waals surface area contributed by atoms with Crippen LogP contribution in [0, 0.1) is 0 Å². The van der Waals surface area contributed by atoms with E-state index in [0.717, 1.165) is 5.57 Å². The van der Waals surface area contributed by atoms with Crippen LogP contribution in [0.25, 0.3) is 0 Å². The summed E-state index contributed by atoms with van der Waals surface area (Å²) in [6.45, 7) is 8.69. The second-order valence-electron chi connectivity index (χ2n) is 3.23. The van der Waals surface area contributed by atoms with Crippen LogP contribution in [0.15, 0.2) is 35.1 Å². The lowest BCUT2D eigenvalue weighted by Crippen LogP contribution is -2.01. The Bertz CT molecular complexity index is 271. The van der Waals surface area contributed by atoms with Crippen molar-refractivity contribution in [3.05, 3.63) is 35.1 Å². The first kappa shape index (κ1) is 12.9. The van der Waals surface area contributed by atoms with Crippen molar-refractivity contribution >= 4 is 0 Å². The van der Waals surface area contributed by atoms with Gasteiger partial charge >= 0.3 is 0 Å². The second kappa shape index (κ2) is 5.58. The van der Waals surface area contributed by atoms with Crippen molar-refractivity contribution in [1.82, 2.24) is 0 Å². The lowest BCUT2D eigenvalue weighted by Gasteiger charge is -2.10. The Kier molecular flexibility index (Phi) is 5.13. The Labute approximate surface area is 84.0 Å². The first-order valence-electron chi connectivity index (χ1n) is 4.51. The molecule has 0 aromatic rings. The molecule has 0 heterocycles. The average Bonchev–Trinajstić information content (AvgIpc) is 2.03. The highest BCUT2D eigenvalue weighted by Crippen LogP contribution is 2.23. The quantitative estimate of drug-likeness (QED) is 0.693. The van der Waals surface area contributed by atoms with Gasteiger partial charge in [0.05, 0.1) is 0 Å². The van der Waals surface area contributed by atoms with E-state index >= 15 is 0 Å². The van der Waals surface area contributed by atoms with Gasteiger partial charge in [0, 0.05) is 11.3 Å². The van der Waals surface area contributed by atoms with Gasteiger partial charge in [0.2, 0.25) is 0 Å². The van der Waals surface area contributed by atoms with Crippen LogP contribution < -0.4 is 5.73 Å². The molecule has 0 aliphatic rings. The number of allylic oxidation sites excluding steroid dienone is 5. The molecule has 0 amide bonds. The Morgan fingerprint density at radius 2 is 1.93 bits per heavy atom. The maximum absolute atomic E-state index is 12.4. The summed E-state index contributed by atoms with van der Waals surface area (Å²) in [5.41, 5.74) is 7.32. The van der Waals surface area contributed by atoms with Crippen molar-refractivity contribution in [3.8, 4) is 0 Å². The molecule has 0 bridgehead atoms. The van der Waals surface area contributed by atoms with Crippen molar-refractivity contribution in [2.75, 3.05) is 0 Å². The minimum atomic E-state index is -2.49. The predicted molar refractivity (Wildman–Crippen MR) is 56.1 cm³/mol. The molecule has 0 radical (unpaired) electrons. The molecule has 80 valence electrons. The van der Waals surface area contributed by atoms with E-state index < -0.39 is 6.43 Å². The molecule has 0 atom stereocenters. The normalized spacial score (nSPS) is 14.3. The van der Waals surface area contributed by atoms with Gasteiger partial charge in [-0.05, 0) is 37.5 Å². The summed E-state index contributed by atoms with van der Waals surface area (Å²) in [6.07, 6.45) is -0.267. The van der Waals surface area contributed by atoms with Gasteiger partial charge in [-0.1, -0.05) is 13.5 Å². The summed E-state index contributed by atoms with van der Waals surface area (Å²) in [6, 6.07) is 0. The van der Waals surface area contributed by atoms with Crippen molar-refractivity contribution in [2.45, 2.75) is 33.6 Å². The Morgan fingerprint density at radius 3 is 2.21 bits per heavy atom. The van der Waals surface area contributed by atoms with Gasteiger partial charge < -0.3 is 5.73 Å². The summed E-state index contributed by atoms with van der Waals surface area (Å²) in [7, 11) is 0. The molecule has 0 saturated heterocycles. The van der Waals surface area contributed by atoms with Crippen LogP contribution in [0.4, 0.5) is 8.78 Å². The second-order valence-corrected chi connectivity index (χ2v) is 3.23. The van der Waals surface area contributed by atoms with Crippen molar-refractivity contribution in [3.63, 3.8) is 0 Å². The molecule has 14 heavy (non-hydrogen) atoms. The Balaban J connectivity index is 5.04. The topological polar surface area (TPSA) is 26.0 Å². The predicted octanol–water partition coefficient (Wildman–Crippen LogP) is 3.40. The summed E-state index contributed by atoms with van der Waals surface area (Å²) in [5.74, 6) is 0. The number of alkyl halides is 2. The average molecular weight is 201 g/mol. The fourth-order valence-corrected chi connectivity index (χ4v) is 1.32. The molecule has 0 aromatic carbocycles.